The van der Waals surface area contributed by atoms with Gasteiger partial charge in [-0.15, -0.1) is 0 Å². The molecule has 0 saturated heterocycles. The molecule has 2 N–H and O–H groups in total. The molecule has 0 fully saturated rings. The molecule has 1 heterocycles. The lowest BCUT2D eigenvalue weighted by atomic mass is 10.1. The minimum absolute atomic E-state index is 0.123. The largest absolute Gasteiger partial charge is 0.392 e. The lowest BCUT2D eigenvalue weighted by Crippen LogP contribution is -2.14. The van der Waals surface area contributed by atoms with Crippen LogP contribution in [-0.4, -0.2) is 14.5 Å². The Labute approximate surface area is 81.7 Å². The molecule has 1 unspecified atom stereocenters. The molecule has 0 aliphatic carbocycles. The molecular weight excluding hydrogens is 202 g/mol. The van der Waals surface area contributed by atoms with Crippen LogP contribution >= 0.6 is 0 Å². The van der Waals surface area contributed by atoms with Gasteiger partial charge < -0.3 is 5.11 Å². The quantitative estimate of drug-likeness (QED) is 0.638. The maximum absolute atomic E-state index is 11.8. The highest BCUT2D eigenvalue weighted by molar-refractivity contribution is 7.99. The first-order chi connectivity index (χ1) is 6.69. The van der Waals surface area contributed by atoms with Crippen LogP contribution in [0.5, 0.6) is 0 Å². The Morgan fingerprint density at radius 1 is 1.57 bits per heavy atom. The van der Waals surface area contributed by atoms with Crippen LogP contribution in [0.25, 0.3) is 0 Å². The van der Waals surface area contributed by atoms with Crippen LogP contribution in [0.2, 0.25) is 0 Å². The van der Waals surface area contributed by atoms with Gasteiger partial charge in [0.05, 0.1) is 11.5 Å². The van der Waals surface area contributed by atoms with Crippen LogP contribution in [0.3, 0.4) is 0 Å². The summed E-state index contributed by atoms with van der Waals surface area (Å²) in [6.07, 6.45) is 0. The Balaban J connectivity index is 2.71. The molecule has 1 atom stereocenters. The van der Waals surface area contributed by atoms with Gasteiger partial charge in [0.25, 0.3) is 0 Å². The number of carbonyl (C=O) groups excluding carboxylic acids is 1. The van der Waals surface area contributed by atoms with Crippen molar-refractivity contribution in [2.75, 3.05) is 0 Å². The zero-order valence-corrected chi connectivity index (χ0v) is 8.13. The topological polar surface area (TPSA) is 66.4 Å². The van der Waals surface area contributed by atoms with Crippen molar-refractivity contribution in [3.63, 3.8) is 0 Å². The summed E-state index contributed by atoms with van der Waals surface area (Å²) in [4.78, 5) is 11.0. The summed E-state index contributed by atoms with van der Waals surface area (Å²) >= 11 is 0. The van der Waals surface area contributed by atoms with E-state index in [-0.39, 0.29) is 6.61 Å². The standard InChI is InChI=1S/C9H9NO3S/c11-5-7-1-2-8-4-10-14(13,6-12)9(8)3-7/h1-3,11H,4-5H2,(H,10,13). The fraction of sp³-hybridized carbons (Fsp3) is 0.222. The molecule has 1 aliphatic rings. The Hall–Kier alpha value is -1.13. The number of fused-ring (bicyclic) bond motifs is 1. The van der Waals surface area contributed by atoms with E-state index in [9.17, 15) is 9.00 Å². The molecule has 0 saturated carbocycles. The Morgan fingerprint density at radius 2 is 2.36 bits per heavy atom. The van der Waals surface area contributed by atoms with E-state index in [1.54, 1.807) is 18.2 Å². The van der Waals surface area contributed by atoms with Crippen LogP contribution in [0.4, 0.5) is 0 Å². The summed E-state index contributed by atoms with van der Waals surface area (Å²) in [5.41, 5.74) is 1.48. The fourth-order valence-electron chi connectivity index (χ4n) is 1.44. The third-order valence-corrected chi connectivity index (χ3v) is 3.99. The van der Waals surface area contributed by atoms with Gasteiger partial charge in [0.1, 0.15) is 9.71 Å². The van der Waals surface area contributed by atoms with Gasteiger partial charge in [0.15, 0.2) is 0 Å². The zero-order chi connectivity index (χ0) is 10.2. The highest BCUT2D eigenvalue weighted by Crippen LogP contribution is 2.23. The molecule has 0 aromatic heterocycles. The van der Waals surface area contributed by atoms with Crippen molar-refractivity contribution in [1.82, 2.24) is 4.72 Å². The Bertz CT molecular complexity index is 511. The first kappa shape index (κ1) is 9.43. The second-order valence-electron chi connectivity index (χ2n) is 3.06. The third-order valence-electron chi connectivity index (χ3n) is 2.21. The molecule has 0 bridgehead atoms. The maximum atomic E-state index is 11.8. The summed E-state index contributed by atoms with van der Waals surface area (Å²) in [7, 11) is -2.85. The minimum Gasteiger partial charge on any atom is -0.392 e. The summed E-state index contributed by atoms with van der Waals surface area (Å²) in [5.74, 6) is 0. The average Bonchev–Trinajstić information content (AvgIpc) is 2.57. The van der Waals surface area contributed by atoms with Crippen molar-refractivity contribution in [3.8, 4) is 0 Å². The van der Waals surface area contributed by atoms with E-state index in [4.69, 9.17) is 5.11 Å². The molecule has 0 spiro atoms. The van der Waals surface area contributed by atoms with E-state index in [2.05, 4.69) is 4.72 Å². The second-order valence-corrected chi connectivity index (χ2v) is 5.07. The first-order valence-electron chi connectivity index (χ1n) is 4.10. The first-order valence-corrected chi connectivity index (χ1v) is 5.66. The van der Waals surface area contributed by atoms with Crippen molar-refractivity contribution < 1.29 is 14.1 Å². The van der Waals surface area contributed by atoms with Crippen molar-refractivity contribution >= 4 is 14.9 Å². The summed E-state index contributed by atoms with van der Waals surface area (Å²) < 4.78 is 14.5. The molecular formula is C9H9NO3S. The van der Waals surface area contributed by atoms with Gasteiger partial charge in [-0.3, -0.25) is 0 Å². The van der Waals surface area contributed by atoms with Crippen LogP contribution in [0.1, 0.15) is 11.1 Å². The monoisotopic (exact) mass is 211 g/mol. The highest BCUT2D eigenvalue weighted by Gasteiger charge is 2.23. The van der Waals surface area contributed by atoms with Gasteiger partial charge in [0.2, 0.25) is 5.23 Å². The number of nitrogens with one attached hydrogen (secondary N) is 1. The molecule has 5 heteroatoms. The van der Waals surface area contributed by atoms with Gasteiger partial charge in [-0.25, -0.2) is 13.7 Å². The van der Waals surface area contributed by atoms with E-state index in [1.807, 2.05) is 0 Å². The molecule has 2 rings (SSSR count). The van der Waals surface area contributed by atoms with Gasteiger partial charge in [-0.1, -0.05) is 12.1 Å². The molecule has 14 heavy (non-hydrogen) atoms. The van der Waals surface area contributed by atoms with E-state index >= 15 is 0 Å². The number of rotatable bonds is 1. The van der Waals surface area contributed by atoms with Crippen LogP contribution in [-0.2, 0) is 27.7 Å². The SMILES string of the molecule is O=C=S1(=O)NCc2ccc(CO)cc21. The van der Waals surface area contributed by atoms with E-state index < -0.39 is 9.71 Å². The Morgan fingerprint density at radius 3 is 3.00 bits per heavy atom. The number of aliphatic hydroxyl groups is 1. The van der Waals surface area contributed by atoms with E-state index in [0.29, 0.717) is 17.0 Å². The van der Waals surface area contributed by atoms with Gasteiger partial charge in [-0.2, -0.15) is 0 Å². The molecule has 0 radical (unpaired) electrons. The minimum atomic E-state index is -2.85. The predicted octanol–water partition coefficient (Wildman–Crippen LogP) is -0.0924. The lowest BCUT2D eigenvalue weighted by Gasteiger charge is -2.01. The lowest BCUT2D eigenvalue weighted by molar-refractivity contribution is 0.281. The van der Waals surface area contributed by atoms with E-state index in [1.165, 1.54) is 5.23 Å². The number of hydrogen-bond donors (Lipinski definition) is 2. The summed E-state index contributed by atoms with van der Waals surface area (Å²) in [6, 6.07) is 5.09. The number of hydrogen-bond acceptors (Lipinski definition) is 3. The Kier molecular flexibility index (Phi) is 2.17. The molecule has 4 nitrogen and oxygen atoms in total. The third kappa shape index (κ3) is 1.27. The van der Waals surface area contributed by atoms with Gasteiger partial charge in [0, 0.05) is 6.54 Å². The molecule has 0 amide bonds. The predicted molar refractivity (Wildman–Crippen MR) is 51.3 cm³/mol. The normalized spacial score (nSPS) is 24.4. The highest BCUT2D eigenvalue weighted by atomic mass is 32.2. The second kappa shape index (κ2) is 3.22. The summed E-state index contributed by atoms with van der Waals surface area (Å²) in [6.45, 7) is 0.288. The summed E-state index contributed by atoms with van der Waals surface area (Å²) in [5, 5.41) is 10.4. The van der Waals surface area contributed by atoms with Crippen molar-refractivity contribution in [2.45, 2.75) is 18.0 Å². The molecule has 1 aromatic carbocycles. The fourth-order valence-corrected chi connectivity index (χ4v) is 2.93. The van der Waals surface area contributed by atoms with Crippen LogP contribution in [0, 0.1) is 0 Å². The van der Waals surface area contributed by atoms with Gasteiger partial charge in [-0.05, 0) is 17.2 Å². The number of benzene rings is 1. The van der Waals surface area contributed by atoms with Crippen LogP contribution in [0.15, 0.2) is 23.1 Å². The maximum Gasteiger partial charge on any atom is 0.205 e. The number of aliphatic hydroxyl groups excluding tert-OH is 1. The van der Waals surface area contributed by atoms with Crippen LogP contribution < -0.4 is 4.72 Å². The van der Waals surface area contributed by atoms with Crippen molar-refractivity contribution in [3.05, 3.63) is 29.3 Å². The molecule has 1 aromatic rings. The van der Waals surface area contributed by atoms with Crippen molar-refractivity contribution in [1.29, 1.82) is 0 Å². The zero-order valence-electron chi connectivity index (χ0n) is 7.32. The smallest absolute Gasteiger partial charge is 0.205 e. The molecule has 74 valence electrons. The molecule has 1 aliphatic heterocycles. The van der Waals surface area contributed by atoms with Crippen molar-refractivity contribution in [2.24, 2.45) is 0 Å². The average molecular weight is 211 g/mol. The van der Waals surface area contributed by atoms with Gasteiger partial charge >= 0.3 is 0 Å². The van der Waals surface area contributed by atoms with E-state index in [0.717, 1.165) is 5.56 Å².